The second-order valence-corrected chi connectivity index (χ2v) is 5.56. The van der Waals surface area contributed by atoms with Gasteiger partial charge >= 0.3 is 5.91 Å². The average Bonchev–Trinajstić information content (AvgIpc) is 2.67. The number of hydroxylamine groups is 2. The van der Waals surface area contributed by atoms with Gasteiger partial charge in [-0.3, -0.25) is 10.0 Å². The normalized spacial score (nSPS) is 31.9. The van der Waals surface area contributed by atoms with Crippen molar-refractivity contribution in [2.75, 3.05) is 0 Å². The van der Waals surface area contributed by atoms with Crippen molar-refractivity contribution < 1.29 is 10.0 Å². The number of hydrogen-bond donors (Lipinski definition) is 1. The summed E-state index contributed by atoms with van der Waals surface area (Å²) in [4.78, 5) is 15.9. The maximum Gasteiger partial charge on any atom is 0.301 e. The highest BCUT2D eigenvalue weighted by molar-refractivity contribution is 6.11. The van der Waals surface area contributed by atoms with Crippen molar-refractivity contribution >= 4 is 19.6 Å². The van der Waals surface area contributed by atoms with Crippen LogP contribution in [-0.4, -0.2) is 29.9 Å². The second-order valence-electron chi connectivity index (χ2n) is 5.56. The Hall–Kier alpha value is -1.10. The fourth-order valence-electron chi connectivity index (χ4n) is 2.77. The molecule has 2 aliphatic rings. The molecule has 4 nitrogen and oxygen atoms in total. The molecule has 0 aromatic rings. The highest BCUT2D eigenvalue weighted by Gasteiger charge is 2.27. The van der Waals surface area contributed by atoms with Gasteiger partial charge in [-0.2, -0.15) is 5.06 Å². The molecule has 5 heteroatoms. The van der Waals surface area contributed by atoms with E-state index in [1.54, 1.807) is 6.92 Å². The molecule has 2 atom stereocenters. The highest BCUT2D eigenvalue weighted by Crippen LogP contribution is 2.28. The van der Waals surface area contributed by atoms with Crippen LogP contribution in [0.3, 0.4) is 0 Å². The van der Waals surface area contributed by atoms with Crippen molar-refractivity contribution in [1.29, 1.82) is 0 Å². The molecule has 102 valence electrons. The second kappa shape index (κ2) is 6.37. The van der Waals surface area contributed by atoms with E-state index in [9.17, 15) is 10.0 Å². The van der Waals surface area contributed by atoms with Gasteiger partial charge in [-0.1, -0.05) is 37.9 Å². The number of hydrogen-bond acceptors (Lipinski definition) is 3. The molecular formula is C14H21BN2O2. The van der Waals surface area contributed by atoms with Gasteiger partial charge in [0, 0.05) is 0 Å². The van der Waals surface area contributed by atoms with Crippen LogP contribution in [0.5, 0.6) is 0 Å². The maximum atomic E-state index is 11.7. The van der Waals surface area contributed by atoms with Crippen LogP contribution < -0.4 is 0 Å². The van der Waals surface area contributed by atoms with Gasteiger partial charge in [0.15, 0.2) is 0 Å². The fraction of sp³-hybridized carbons (Fsp3) is 0.714. The lowest BCUT2D eigenvalue weighted by atomic mass is 9.80. The van der Waals surface area contributed by atoms with E-state index in [0.717, 1.165) is 44.9 Å². The summed E-state index contributed by atoms with van der Waals surface area (Å²) < 4.78 is 0. The monoisotopic (exact) mass is 260 g/mol. The quantitative estimate of drug-likeness (QED) is 0.447. The van der Waals surface area contributed by atoms with Gasteiger partial charge in [0.05, 0.1) is 7.85 Å². The molecule has 1 heterocycles. The molecule has 1 aliphatic heterocycles. The summed E-state index contributed by atoms with van der Waals surface area (Å²) in [6.07, 6.45) is 9.60. The van der Waals surface area contributed by atoms with E-state index in [2.05, 4.69) is 4.99 Å². The van der Waals surface area contributed by atoms with Gasteiger partial charge in [-0.25, -0.2) is 4.99 Å². The number of aliphatic imine (C=N–C) groups is 1. The lowest BCUT2D eigenvalue weighted by Gasteiger charge is -2.11. The van der Waals surface area contributed by atoms with Crippen LogP contribution in [-0.2, 0) is 4.79 Å². The molecule has 0 saturated heterocycles. The molecule has 1 aliphatic carbocycles. The van der Waals surface area contributed by atoms with Gasteiger partial charge in [0.1, 0.15) is 11.5 Å². The van der Waals surface area contributed by atoms with Gasteiger partial charge < -0.3 is 0 Å². The largest absolute Gasteiger partial charge is 0.301 e. The number of nitrogens with zero attached hydrogens (tertiary/aromatic N) is 2. The first-order chi connectivity index (χ1) is 9.08. The smallest absolute Gasteiger partial charge is 0.280 e. The molecule has 2 rings (SSSR count). The molecule has 2 radical (unpaired) electrons. The lowest BCUT2D eigenvalue weighted by molar-refractivity contribution is -0.143. The van der Waals surface area contributed by atoms with Crippen LogP contribution in [0.1, 0.15) is 51.9 Å². The number of rotatable bonds is 1. The van der Waals surface area contributed by atoms with Crippen molar-refractivity contribution in [3.63, 3.8) is 0 Å². The first-order valence-electron chi connectivity index (χ1n) is 7.14. The Morgan fingerprint density at radius 1 is 1.26 bits per heavy atom. The summed E-state index contributed by atoms with van der Waals surface area (Å²) in [5.74, 6) is 0.635. The number of amidine groups is 1. The summed E-state index contributed by atoms with van der Waals surface area (Å²) in [6.45, 7) is 1.63. The number of carbonyl (C=O) groups excluding carboxylic acids is 1. The molecule has 1 fully saturated rings. The zero-order valence-corrected chi connectivity index (χ0v) is 11.5. The fourth-order valence-corrected chi connectivity index (χ4v) is 2.77. The number of allylic oxidation sites excluding steroid dienone is 1. The van der Waals surface area contributed by atoms with Crippen LogP contribution in [0.2, 0.25) is 5.82 Å². The van der Waals surface area contributed by atoms with Crippen LogP contribution in [0.25, 0.3) is 0 Å². The standard InChI is InChI=1S/C14H21BN2O2/c1-10-16-13(14(18)17(10)19)9-11-5-2-3-7-12(15)8-4-6-11/h9,11-12,19H,2-8H2,1H3/b13-9-. The molecule has 0 bridgehead atoms. The summed E-state index contributed by atoms with van der Waals surface area (Å²) in [7, 11) is 6.01. The van der Waals surface area contributed by atoms with E-state index < -0.39 is 5.91 Å². The molecular weight excluding hydrogens is 239 g/mol. The number of carbonyl (C=O) groups is 1. The Morgan fingerprint density at radius 2 is 1.89 bits per heavy atom. The zero-order chi connectivity index (χ0) is 13.8. The lowest BCUT2D eigenvalue weighted by Crippen LogP contribution is -2.26. The van der Waals surface area contributed by atoms with Crippen molar-refractivity contribution in [3.05, 3.63) is 11.8 Å². The minimum absolute atomic E-state index is 0.327. The molecule has 2 unspecified atom stereocenters. The average molecular weight is 260 g/mol. The minimum Gasteiger partial charge on any atom is -0.280 e. The van der Waals surface area contributed by atoms with Crippen LogP contribution in [0.4, 0.5) is 0 Å². The molecule has 0 aromatic carbocycles. The Bertz CT molecular complexity index is 406. The molecule has 1 N–H and O–H groups in total. The Kier molecular flexibility index (Phi) is 4.80. The zero-order valence-electron chi connectivity index (χ0n) is 11.5. The minimum atomic E-state index is -0.408. The first-order valence-corrected chi connectivity index (χ1v) is 7.14. The van der Waals surface area contributed by atoms with Crippen LogP contribution >= 0.6 is 0 Å². The molecule has 0 aromatic heterocycles. The third-order valence-corrected chi connectivity index (χ3v) is 3.94. The predicted molar refractivity (Wildman–Crippen MR) is 75.1 cm³/mol. The van der Waals surface area contributed by atoms with Gasteiger partial charge in [0.25, 0.3) is 0 Å². The Morgan fingerprint density at radius 3 is 2.58 bits per heavy atom. The summed E-state index contributed by atoms with van der Waals surface area (Å²) >= 11 is 0. The van der Waals surface area contributed by atoms with E-state index in [1.807, 2.05) is 6.08 Å². The summed E-state index contributed by atoms with van der Waals surface area (Å²) in [5, 5.41) is 10.1. The van der Waals surface area contributed by atoms with Gasteiger partial charge in [-0.15, -0.1) is 0 Å². The molecule has 0 spiro atoms. The van der Waals surface area contributed by atoms with Crippen molar-refractivity contribution in [2.24, 2.45) is 10.9 Å². The van der Waals surface area contributed by atoms with Crippen LogP contribution in [0, 0.1) is 5.92 Å². The van der Waals surface area contributed by atoms with E-state index in [4.69, 9.17) is 7.85 Å². The molecule has 19 heavy (non-hydrogen) atoms. The van der Waals surface area contributed by atoms with E-state index in [-0.39, 0.29) is 0 Å². The van der Waals surface area contributed by atoms with Crippen molar-refractivity contribution in [3.8, 4) is 0 Å². The van der Waals surface area contributed by atoms with E-state index >= 15 is 0 Å². The van der Waals surface area contributed by atoms with E-state index in [1.165, 1.54) is 0 Å². The third-order valence-electron chi connectivity index (χ3n) is 3.94. The van der Waals surface area contributed by atoms with Crippen LogP contribution in [0.15, 0.2) is 16.8 Å². The predicted octanol–water partition coefficient (Wildman–Crippen LogP) is 2.84. The highest BCUT2D eigenvalue weighted by atomic mass is 16.5. The number of amides is 1. The van der Waals surface area contributed by atoms with Gasteiger partial charge in [-0.05, 0) is 31.8 Å². The molecule has 1 amide bonds. The SMILES string of the molecule is [B]C1CCCCC(/C=C2\N=C(C)N(O)C2=O)CCC1. The first kappa shape index (κ1) is 14.3. The summed E-state index contributed by atoms with van der Waals surface area (Å²) in [6, 6.07) is 0. The molecule has 1 saturated carbocycles. The summed E-state index contributed by atoms with van der Waals surface area (Å²) in [5.41, 5.74) is 0.383. The van der Waals surface area contributed by atoms with Gasteiger partial charge in [0.2, 0.25) is 0 Å². The van der Waals surface area contributed by atoms with Crippen molar-refractivity contribution in [2.45, 2.75) is 57.7 Å². The Labute approximate surface area is 115 Å². The Balaban J connectivity index is 2.02. The maximum absolute atomic E-state index is 11.7. The third kappa shape index (κ3) is 3.69. The topological polar surface area (TPSA) is 52.9 Å². The van der Waals surface area contributed by atoms with Crippen molar-refractivity contribution in [1.82, 2.24) is 5.06 Å². The van der Waals surface area contributed by atoms with E-state index in [0.29, 0.717) is 28.3 Å².